The number of carbonyl (C=O) groups excluding carboxylic acids is 1. The lowest BCUT2D eigenvalue weighted by atomic mass is 10.2. The van der Waals surface area contributed by atoms with Gasteiger partial charge in [-0.05, 0) is 30.5 Å². The molecule has 7 heteroatoms. The van der Waals surface area contributed by atoms with Gasteiger partial charge in [-0.3, -0.25) is 0 Å². The normalized spacial score (nSPS) is 12.4. The Morgan fingerprint density at radius 2 is 2.04 bits per heavy atom. The van der Waals surface area contributed by atoms with Crippen LogP contribution in [-0.2, 0) is 4.74 Å². The number of thiophene rings is 1. The van der Waals surface area contributed by atoms with Crippen LogP contribution in [0.15, 0.2) is 56.7 Å². The van der Waals surface area contributed by atoms with Crippen LogP contribution in [-0.4, -0.2) is 16.2 Å². The van der Waals surface area contributed by atoms with Gasteiger partial charge in [0, 0.05) is 5.39 Å². The van der Waals surface area contributed by atoms with Crippen molar-refractivity contribution >= 4 is 28.3 Å². The molecule has 0 N–H and O–H groups in total. The van der Waals surface area contributed by atoms with Gasteiger partial charge < -0.3 is 13.6 Å². The number of rotatable bonds is 4. The molecule has 3 heterocycles. The van der Waals surface area contributed by atoms with Crippen LogP contribution in [0.4, 0.5) is 0 Å². The number of benzene rings is 1. The second-order valence-corrected chi connectivity index (χ2v) is 6.07. The average Bonchev–Trinajstić information content (AvgIpc) is 3.32. The van der Waals surface area contributed by atoms with Crippen molar-refractivity contribution in [3.8, 4) is 10.8 Å². The Hall–Kier alpha value is -2.93. The van der Waals surface area contributed by atoms with Crippen LogP contribution >= 0.6 is 11.3 Å². The van der Waals surface area contributed by atoms with Crippen molar-refractivity contribution < 1.29 is 18.4 Å². The largest absolute Gasteiger partial charge is 0.449 e. The van der Waals surface area contributed by atoms with E-state index in [1.807, 2.05) is 35.7 Å². The Bertz CT molecular complexity index is 954. The molecule has 0 aliphatic carbocycles. The summed E-state index contributed by atoms with van der Waals surface area (Å²) in [5, 5.41) is 10.7. The molecule has 0 aliphatic heterocycles. The highest BCUT2D eigenvalue weighted by atomic mass is 32.1. The van der Waals surface area contributed by atoms with E-state index >= 15 is 0 Å². The molecule has 120 valence electrons. The number of aromatic nitrogens is 2. The lowest BCUT2D eigenvalue weighted by molar-refractivity contribution is 0.0247. The quantitative estimate of drug-likeness (QED) is 0.510. The summed E-state index contributed by atoms with van der Waals surface area (Å²) in [5.41, 5.74) is 0.634. The second-order valence-electron chi connectivity index (χ2n) is 5.12. The number of hydrogen-bond acceptors (Lipinski definition) is 7. The first-order valence-corrected chi connectivity index (χ1v) is 8.15. The van der Waals surface area contributed by atoms with E-state index < -0.39 is 12.1 Å². The smallest absolute Gasteiger partial charge is 0.375 e. The van der Waals surface area contributed by atoms with E-state index in [9.17, 15) is 4.79 Å². The molecule has 4 rings (SSSR count). The van der Waals surface area contributed by atoms with Crippen molar-refractivity contribution in [1.29, 1.82) is 0 Å². The molecular weight excluding hydrogens is 328 g/mol. The third-order valence-electron chi connectivity index (χ3n) is 3.43. The minimum Gasteiger partial charge on any atom is -0.449 e. The molecule has 6 nitrogen and oxygen atoms in total. The number of ether oxygens (including phenoxy) is 1. The van der Waals surface area contributed by atoms with Crippen molar-refractivity contribution in [2.45, 2.75) is 13.0 Å². The highest BCUT2D eigenvalue weighted by Gasteiger charge is 2.22. The Labute approximate surface area is 140 Å². The minimum atomic E-state index is -0.674. The summed E-state index contributed by atoms with van der Waals surface area (Å²) in [6.07, 6.45) is -0.674. The van der Waals surface area contributed by atoms with Crippen LogP contribution in [0.5, 0.6) is 0 Å². The van der Waals surface area contributed by atoms with Crippen molar-refractivity contribution in [3.05, 3.63) is 59.5 Å². The Morgan fingerprint density at radius 1 is 1.17 bits per heavy atom. The molecule has 0 spiro atoms. The lowest BCUT2D eigenvalue weighted by Crippen LogP contribution is -2.08. The van der Waals surface area contributed by atoms with Crippen LogP contribution in [0.2, 0.25) is 0 Å². The van der Waals surface area contributed by atoms with E-state index in [4.69, 9.17) is 13.6 Å². The van der Waals surface area contributed by atoms with Crippen molar-refractivity contribution in [2.75, 3.05) is 0 Å². The standard InChI is InChI=1S/C17H12N2O4S/c1-10(15-18-19-16(23-15)14-7-4-8-24-14)21-17(20)13-9-11-5-2-3-6-12(11)22-13/h2-10H,1H3/t10-/m1/s1. The van der Waals surface area contributed by atoms with Gasteiger partial charge in [-0.1, -0.05) is 24.3 Å². The molecule has 0 saturated carbocycles. The van der Waals surface area contributed by atoms with Crippen LogP contribution in [0, 0.1) is 0 Å². The monoisotopic (exact) mass is 340 g/mol. The first-order chi connectivity index (χ1) is 11.7. The van der Waals surface area contributed by atoms with E-state index in [0.29, 0.717) is 11.5 Å². The highest BCUT2D eigenvalue weighted by Crippen LogP contribution is 2.27. The van der Waals surface area contributed by atoms with Crippen LogP contribution in [0.3, 0.4) is 0 Å². The molecule has 0 bridgehead atoms. The molecule has 0 aliphatic rings. The number of carbonyl (C=O) groups is 1. The maximum absolute atomic E-state index is 12.2. The van der Waals surface area contributed by atoms with Crippen LogP contribution < -0.4 is 0 Å². The van der Waals surface area contributed by atoms with Gasteiger partial charge in [0.25, 0.3) is 11.8 Å². The molecule has 1 aromatic carbocycles. The first-order valence-electron chi connectivity index (χ1n) is 7.27. The van der Waals surface area contributed by atoms with Gasteiger partial charge in [0.15, 0.2) is 6.10 Å². The van der Waals surface area contributed by atoms with Gasteiger partial charge >= 0.3 is 5.97 Å². The topological polar surface area (TPSA) is 78.4 Å². The van der Waals surface area contributed by atoms with E-state index in [0.717, 1.165) is 10.3 Å². The number of fused-ring (bicyclic) bond motifs is 1. The molecule has 24 heavy (non-hydrogen) atoms. The first kappa shape index (κ1) is 14.6. The van der Waals surface area contributed by atoms with Crippen molar-refractivity contribution in [1.82, 2.24) is 10.2 Å². The van der Waals surface area contributed by atoms with E-state index in [-0.39, 0.29) is 11.7 Å². The number of furan rings is 1. The third-order valence-corrected chi connectivity index (χ3v) is 4.29. The molecule has 0 fully saturated rings. The predicted molar refractivity (Wildman–Crippen MR) is 87.7 cm³/mol. The summed E-state index contributed by atoms with van der Waals surface area (Å²) in [6.45, 7) is 1.67. The zero-order chi connectivity index (χ0) is 16.5. The molecule has 1 atom stereocenters. The Balaban J connectivity index is 1.51. The zero-order valence-corrected chi connectivity index (χ0v) is 13.4. The average molecular weight is 340 g/mol. The van der Waals surface area contributed by atoms with Gasteiger partial charge in [-0.25, -0.2) is 4.79 Å². The van der Waals surface area contributed by atoms with Gasteiger partial charge in [0.1, 0.15) is 5.58 Å². The summed E-state index contributed by atoms with van der Waals surface area (Å²) in [6, 6.07) is 12.8. The maximum Gasteiger partial charge on any atom is 0.375 e. The van der Waals surface area contributed by atoms with Crippen LogP contribution in [0.25, 0.3) is 21.7 Å². The molecular formula is C17H12N2O4S. The summed E-state index contributed by atoms with van der Waals surface area (Å²) in [7, 11) is 0. The fourth-order valence-corrected chi connectivity index (χ4v) is 2.89. The van der Waals surface area contributed by atoms with Gasteiger partial charge in [0.05, 0.1) is 4.88 Å². The van der Waals surface area contributed by atoms with Crippen LogP contribution in [0.1, 0.15) is 29.5 Å². The Morgan fingerprint density at radius 3 is 2.83 bits per heavy atom. The molecule has 0 radical (unpaired) electrons. The van der Waals surface area contributed by atoms with E-state index in [1.165, 1.54) is 11.3 Å². The fraction of sp³-hybridized carbons (Fsp3) is 0.118. The fourth-order valence-electron chi connectivity index (χ4n) is 2.25. The molecule has 3 aromatic heterocycles. The number of para-hydroxylation sites is 1. The molecule has 0 saturated heterocycles. The summed E-state index contributed by atoms with van der Waals surface area (Å²) in [4.78, 5) is 13.1. The summed E-state index contributed by atoms with van der Waals surface area (Å²) < 4.78 is 16.4. The molecule has 4 aromatic rings. The summed E-state index contributed by atoms with van der Waals surface area (Å²) >= 11 is 1.50. The zero-order valence-electron chi connectivity index (χ0n) is 12.6. The number of esters is 1. The van der Waals surface area contributed by atoms with E-state index in [1.54, 1.807) is 19.1 Å². The number of hydrogen-bond donors (Lipinski definition) is 0. The van der Waals surface area contributed by atoms with Gasteiger partial charge in [0.2, 0.25) is 5.76 Å². The number of nitrogens with zero attached hydrogens (tertiary/aromatic N) is 2. The molecule has 0 unspecified atom stereocenters. The lowest BCUT2D eigenvalue weighted by Gasteiger charge is -2.07. The third kappa shape index (κ3) is 2.69. The molecule has 0 amide bonds. The Kier molecular flexibility index (Phi) is 3.62. The van der Waals surface area contributed by atoms with Gasteiger partial charge in [-0.15, -0.1) is 21.5 Å². The van der Waals surface area contributed by atoms with E-state index in [2.05, 4.69) is 10.2 Å². The maximum atomic E-state index is 12.2. The highest BCUT2D eigenvalue weighted by molar-refractivity contribution is 7.13. The van der Waals surface area contributed by atoms with Crippen molar-refractivity contribution in [3.63, 3.8) is 0 Å². The SMILES string of the molecule is C[C@@H](OC(=O)c1cc2ccccc2o1)c1nnc(-c2cccs2)o1. The predicted octanol–water partition coefficient (Wildman–Crippen LogP) is 4.46. The second kappa shape index (κ2) is 5.93. The summed E-state index contributed by atoms with van der Waals surface area (Å²) in [5.74, 6) is 0.213. The van der Waals surface area contributed by atoms with Gasteiger partial charge in [-0.2, -0.15) is 0 Å². The van der Waals surface area contributed by atoms with Crippen molar-refractivity contribution in [2.24, 2.45) is 0 Å². The minimum absolute atomic E-state index is 0.140.